The number of hydrogen-bond donors (Lipinski definition) is 0. The third-order valence-electron chi connectivity index (χ3n) is 4.64. The lowest BCUT2D eigenvalue weighted by atomic mass is 9.88. The van der Waals surface area contributed by atoms with E-state index in [9.17, 15) is 0 Å². The standard InChI is InChI=1S/C17H23N/c1-14-5-7-16(8-6-14)17(9-10-17)15(2)13-18-11-3-4-12-18/h5-8H,2-4,9-13H2,1H3. The van der Waals surface area contributed by atoms with Crippen LogP contribution in [0.4, 0.5) is 0 Å². The summed E-state index contributed by atoms with van der Waals surface area (Å²) in [6.07, 6.45) is 5.32. The van der Waals surface area contributed by atoms with Crippen LogP contribution in [0.5, 0.6) is 0 Å². The number of nitrogens with zero attached hydrogens (tertiary/aromatic N) is 1. The van der Waals surface area contributed by atoms with Crippen molar-refractivity contribution >= 4 is 0 Å². The molecule has 2 aliphatic rings. The molecule has 0 radical (unpaired) electrons. The van der Waals surface area contributed by atoms with Gasteiger partial charge in [0.1, 0.15) is 0 Å². The van der Waals surface area contributed by atoms with E-state index in [-0.39, 0.29) is 0 Å². The highest BCUT2D eigenvalue weighted by atomic mass is 15.1. The highest BCUT2D eigenvalue weighted by Crippen LogP contribution is 2.53. The van der Waals surface area contributed by atoms with Crippen LogP contribution in [-0.2, 0) is 5.41 Å². The molecule has 0 unspecified atom stereocenters. The van der Waals surface area contributed by atoms with Crippen molar-refractivity contribution in [1.29, 1.82) is 0 Å². The molecule has 1 aliphatic carbocycles. The molecular weight excluding hydrogens is 218 g/mol. The first-order valence-corrected chi connectivity index (χ1v) is 7.18. The van der Waals surface area contributed by atoms with Crippen LogP contribution in [0.25, 0.3) is 0 Å². The van der Waals surface area contributed by atoms with E-state index >= 15 is 0 Å². The molecule has 1 heteroatoms. The molecule has 1 saturated carbocycles. The molecular formula is C17H23N. The Morgan fingerprint density at radius 3 is 2.33 bits per heavy atom. The maximum absolute atomic E-state index is 4.41. The lowest BCUT2D eigenvalue weighted by Crippen LogP contribution is -2.26. The first-order valence-electron chi connectivity index (χ1n) is 7.18. The van der Waals surface area contributed by atoms with Crippen LogP contribution in [0.15, 0.2) is 36.4 Å². The molecule has 0 amide bonds. The summed E-state index contributed by atoms with van der Waals surface area (Å²) in [5, 5.41) is 0. The van der Waals surface area contributed by atoms with Gasteiger partial charge >= 0.3 is 0 Å². The zero-order valence-corrected chi connectivity index (χ0v) is 11.4. The number of aryl methyl sites for hydroxylation is 1. The van der Waals surface area contributed by atoms with Gasteiger partial charge in [0.2, 0.25) is 0 Å². The summed E-state index contributed by atoms with van der Waals surface area (Å²) in [6.45, 7) is 10.2. The Kier molecular flexibility index (Phi) is 3.03. The van der Waals surface area contributed by atoms with Gasteiger partial charge in [0.05, 0.1) is 0 Å². The summed E-state index contributed by atoms with van der Waals surface area (Å²) >= 11 is 0. The van der Waals surface area contributed by atoms with Crippen LogP contribution in [0.1, 0.15) is 36.8 Å². The fraction of sp³-hybridized carbons (Fsp3) is 0.529. The van der Waals surface area contributed by atoms with E-state index in [1.165, 1.54) is 55.5 Å². The van der Waals surface area contributed by atoms with E-state index in [1.807, 2.05) is 0 Å². The van der Waals surface area contributed by atoms with Crippen molar-refractivity contribution in [3.63, 3.8) is 0 Å². The molecule has 1 aliphatic heterocycles. The van der Waals surface area contributed by atoms with Crippen LogP contribution in [0.2, 0.25) is 0 Å². The number of benzene rings is 1. The van der Waals surface area contributed by atoms with Crippen molar-refractivity contribution in [2.45, 2.75) is 38.0 Å². The molecule has 18 heavy (non-hydrogen) atoms. The Morgan fingerprint density at radius 2 is 1.78 bits per heavy atom. The first-order chi connectivity index (χ1) is 8.71. The summed E-state index contributed by atoms with van der Waals surface area (Å²) in [5.74, 6) is 0. The first kappa shape index (κ1) is 12.0. The lowest BCUT2D eigenvalue weighted by molar-refractivity contribution is 0.359. The SMILES string of the molecule is C=C(CN1CCCC1)C1(c2ccc(C)cc2)CC1. The van der Waals surface area contributed by atoms with Crippen molar-refractivity contribution in [2.75, 3.05) is 19.6 Å². The van der Waals surface area contributed by atoms with Gasteiger partial charge in [0, 0.05) is 12.0 Å². The van der Waals surface area contributed by atoms with Crippen LogP contribution in [0.3, 0.4) is 0 Å². The van der Waals surface area contributed by atoms with Gasteiger partial charge in [-0.2, -0.15) is 0 Å². The fourth-order valence-corrected chi connectivity index (χ4v) is 3.21. The molecule has 96 valence electrons. The van der Waals surface area contributed by atoms with Crippen LogP contribution in [-0.4, -0.2) is 24.5 Å². The number of likely N-dealkylation sites (tertiary alicyclic amines) is 1. The maximum Gasteiger partial charge on any atom is 0.0199 e. The van der Waals surface area contributed by atoms with E-state index in [0.29, 0.717) is 5.41 Å². The van der Waals surface area contributed by atoms with E-state index in [4.69, 9.17) is 0 Å². The number of hydrogen-bond acceptors (Lipinski definition) is 1. The Balaban J connectivity index is 1.73. The predicted molar refractivity (Wildman–Crippen MR) is 76.9 cm³/mol. The van der Waals surface area contributed by atoms with E-state index in [1.54, 1.807) is 0 Å². The summed E-state index contributed by atoms with van der Waals surface area (Å²) in [4.78, 5) is 2.57. The Hall–Kier alpha value is -1.08. The third-order valence-corrected chi connectivity index (χ3v) is 4.64. The minimum Gasteiger partial charge on any atom is -0.299 e. The zero-order chi connectivity index (χ0) is 12.6. The van der Waals surface area contributed by atoms with E-state index < -0.39 is 0 Å². The fourth-order valence-electron chi connectivity index (χ4n) is 3.21. The van der Waals surface area contributed by atoms with Gasteiger partial charge in [-0.3, -0.25) is 4.90 Å². The largest absolute Gasteiger partial charge is 0.299 e. The number of rotatable bonds is 4. The van der Waals surface area contributed by atoms with Gasteiger partial charge in [-0.05, 0) is 51.3 Å². The topological polar surface area (TPSA) is 3.24 Å². The van der Waals surface area contributed by atoms with Gasteiger partial charge in [-0.1, -0.05) is 42.0 Å². The lowest BCUT2D eigenvalue weighted by Gasteiger charge is -2.24. The molecule has 2 fully saturated rings. The molecule has 3 rings (SSSR count). The van der Waals surface area contributed by atoms with Crippen LogP contribution >= 0.6 is 0 Å². The summed E-state index contributed by atoms with van der Waals surface area (Å²) in [5.41, 5.74) is 4.58. The maximum atomic E-state index is 4.41. The predicted octanol–water partition coefficient (Wildman–Crippen LogP) is 3.68. The average Bonchev–Trinajstić information content (AvgIpc) is 3.03. The quantitative estimate of drug-likeness (QED) is 0.727. The highest BCUT2D eigenvalue weighted by Gasteiger charge is 2.46. The molecule has 1 saturated heterocycles. The Bertz CT molecular complexity index is 433. The second-order valence-electron chi connectivity index (χ2n) is 6.03. The van der Waals surface area contributed by atoms with Crippen molar-refractivity contribution in [3.8, 4) is 0 Å². The second-order valence-corrected chi connectivity index (χ2v) is 6.03. The van der Waals surface area contributed by atoms with Gasteiger partial charge in [-0.25, -0.2) is 0 Å². The smallest absolute Gasteiger partial charge is 0.0199 e. The molecule has 0 aromatic heterocycles. The summed E-state index contributed by atoms with van der Waals surface area (Å²) in [7, 11) is 0. The van der Waals surface area contributed by atoms with Crippen molar-refractivity contribution in [3.05, 3.63) is 47.5 Å². The van der Waals surface area contributed by atoms with E-state index in [0.717, 1.165) is 6.54 Å². The molecule has 1 heterocycles. The normalized spacial score (nSPS) is 22.1. The van der Waals surface area contributed by atoms with Gasteiger partial charge in [0.15, 0.2) is 0 Å². The highest BCUT2D eigenvalue weighted by molar-refractivity contribution is 5.43. The monoisotopic (exact) mass is 241 g/mol. The molecule has 0 N–H and O–H groups in total. The third kappa shape index (κ3) is 2.12. The van der Waals surface area contributed by atoms with Crippen molar-refractivity contribution in [1.82, 2.24) is 4.90 Å². The molecule has 1 nitrogen and oxygen atoms in total. The van der Waals surface area contributed by atoms with E-state index in [2.05, 4.69) is 42.7 Å². The molecule has 1 aromatic rings. The molecule has 0 atom stereocenters. The van der Waals surface area contributed by atoms with Crippen LogP contribution < -0.4 is 0 Å². The Labute approximate surface area is 111 Å². The average molecular weight is 241 g/mol. The van der Waals surface area contributed by atoms with Crippen LogP contribution in [0, 0.1) is 6.92 Å². The van der Waals surface area contributed by atoms with Gasteiger partial charge < -0.3 is 0 Å². The van der Waals surface area contributed by atoms with Crippen molar-refractivity contribution < 1.29 is 0 Å². The van der Waals surface area contributed by atoms with Gasteiger partial charge in [-0.15, -0.1) is 0 Å². The second kappa shape index (κ2) is 4.55. The summed E-state index contributed by atoms with van der Waals surface area (Å²) in [6, 6.07) is 9.08. The van der Waals surface area contributed by atoms with Crippen molar-refractivity contribution in [2.24, 2.45) is 0 Å². The summed E-state index contributed by atoms with van der Waals surface area (Å²) < 4.78 is 0. The zero-order valence-electron chi connectivity index (χ0n) is 11.4. The minimum absolute atomic E-state index is 0.316. The molecule has 1 aromatic carbocycles. The Morgan fingerprint density at radius 1 is 1.17 bits per heavy atom. The minimum atomic E-state index is 0.316. The van der Waals surface area contributed by atoms with Gasteiger partial charge in [0.25, 0.3) is 0 Å². The molecule has 0 spiro atoms. The molecule has 0 bridgehead atoms.